The lowest BCUT2D eigenvalue weighted by molar-refractivity contribution is -0.148. The highest BCUT2D eigenvalue weighted by molar-refractivity contribution is 6.04. The number of hydrogen-bond donors (Lipinski definition) is 14. The van der Waals surface area contributed by atoms with Crippen LogP contribution in [0.4, 0.5) is 0 Å². The van der Waals surface area contributed by atoms with Gasteiger partial charge in [-0.3, -0.25) is 33.6 Å². The van der Waals surface area contributed by atoms with Crippen LogP contribution in [0.1, 0.15) is 88.2 Å². The van der Waals surface area contributed by atoms with E-state index in [1.165, 1.54) is 25.1 Å². The van der Waals surface area contributed by atoms with Gasteiger partial charge >= 0.3 is 0 Å². The third-order valence-electron chi connectivity index (χ3n) is 13.8. The normalized spacial score (nSPS) is 29.1. The van der Waals surface area contributed by atoms with E-state index < -0.39 is 152 Å². The van der Waals surface area contributed by atoms with Gasteiger partial charge in [-0.1, -0.05) is 69.5 Å². The number of ether oxygens (including phenoxy) is 1. The van der Waals surface area contributed by atoms with Gasteiger partial charge in [0.25, 0.3) is 5.91 Å². The summed E-state index contributed by atoms with van der Waals surface area (Å²) in [6.45, 7) is 4.97. The van der Waals surface area contributed by atoms with Crippen LogP contribution in [-0.4, -0.2) is 196 Å². The summed E-state index contributed by atoms with van der Waals surface area (Å²) in [5.74, 6) is -9.36. The standard InChI is InChI=1S/C51H69N7O17/c1-5-6-7-10-17-75-36-19-29-12-9-8-11-28(29)18-32(36)44(67)52-33-21-35(63)47(70)56-49(72)40-41(64)24(2)22-58(40)51(74)38(26(4)60)54-48(71)39(43(66)42(65)27-13-15-30(61)16-14-27)55-46(69)34-20-31(62)23-57(34)50(73)37(25(3)59)53-45(33)68/h8-9,11-16,18-19,24-26,31,33-35,37-43,47,59-66,70H,5-7,10,17,20-23H2,1-4H3,(H,52,67)(H,53,68)(H,54,71)(H,55,69)(H,56,72)/t24-,25+,26+,31+,33-,34-,35+,37-,38-,39-,40-,41-,42-,43-,47+/m0/s1. The Morgan fingerprint density at radius 2 is 1.32 bits per heavy atom. The molecule has 15 atom stereocenters. The third kappa shape index (κ3) is 13.7. The van der Waals surface area contributed by atoms with Crippen LogP contribution in [0.25, 0.3) is 10.8 Å². The molecule has 24 nitrogen and oxygen atoms in total. The maximum absolute atomic E-state index is 14.5. The lowest BCUT2D eigenvalue weighted by atomic mass is 9.96. The number of nitrogens with zero attached hydrogens (tertiary/aromatic N) is 2. The largest absolute Gasteiger partial charge is 0.508 e. The number of aliphatic hydroxyl groups is 8. The van der Waals surface area contributed by atoms with Crippen LogP contribution in [0.5, 0.6) is 11.5 Å². The highest BCUT2D eigenvalue weighted by Crippen LogP contribution is 2.30. The molecule has 3 saturated heterocycles. The minimum Gasteiger partial charge on any atom is -0.508 e. The van der Waals surface area contributed by atoms with Gasteiger partial charge in [0.2, 0.25) is 35.4 Å². The zero-order chi connectivity index (χ0) is 55.0. The van der Waals surface area contributed by atoms with Crippen molar-refractivity contribution in [1.82, 2.24) is 36.4 Å². The Morgan fingerprint density at radius 1 is 0.720 bits per heavy atom. The van der Waals surface area contributed by atoms with E-state index >= 15 is 0 Å². The molecule has 0 aromatic heterocycles. The zero-order valence-corrected chi connectivity index (χ0v) is 42.0. The van der Waals surface area contributed by atoms with Gasteiger partial charge in [-0.15, -0.1) is 0 Å². The Balaban J connectivity index is 1.41. The number of benzene rings is 3. The summed E-state index contributed by atoms with van der Waals surface area (Å²) in [6, 6.07) is 3.21. The molecule has 24 heteroatoms. The van der Waals surface area contributed by atoms with Crippen LogP contribution in [0.15, 0.2) is 60.7 Å². The van der Waals surface area contributed by atoms with Crippen molar-refractivity contribution in [3.8, 4) is 11.5 Å². The number of nitrogens with one attached hydrogen (secondary N) is 5. The van der Waals surface area contributed by atoms with E-state index in [2.05, 4.69) is 26.6 Å². The number of aromatic hydroxyl groups is 1. The van der Waals surface area contributed by atoms with Gasteiger partial charge < -0.3 is 87.1 Å². The molecule has 410 valence electrons. The molecule has 3 fully saturated rings. The second kappa shape index (κ2) is 25.3. The molecule has 0 unspecified atom stereocenters. The fraction of sp³-hybridized carbons (Fsp3) is 0.549. The molecule has 3 heterocycles. The first-order chi connectivity index (χ1) is 35.5. The maximum Gasteiger partial charge on any atom is 0.255 e. The van der Waals surface area contributed by atoms with Crippen molar-refractivity contribution in [3.05, 3.63) is 71.8 Å². The van der Waals surface area contributed by atoms with Crippen LogP contribution in [-0.2, 0) is 28.8 Å². The number of fused-ring (bicyclic) bond motifs is 3. The molecule has 75 heavy (non-hydrogen) atoms. The second-order valence-corrected chi connectivity index (χ2v) is 19.7. The maximum atomic E-state index is 14.5. The number of phenols is 1. The Kier molecular flexibility index (Phi) is 19.5. The van der Waals surface area contributed by atoms with Crippen molar-refractivity contribution >= 4 is 52.1 Å². The number of unbranched alkanes of at least 4 members (excludes halogenated alkanes) is 3. The zero-order valence-electron chi connectivity index (χ0n) is 42.0. The van der Waals surface area contributed by atoms with Crippen molar-refractivity contribution in [3.63, 3.8) is 0 Å². The molecule has 0 aliphatic carbocycles. The van der Waals surface area contributed by atoms with E-state index in [0.717, 1.165) is 55.0 Å². The molecule has 0 radical (unpaired) electrons. The van der Waals surface area contributed by atoms with Crippen molar-refractivity contribution < 1.29 is 84.3 Å². The number of amides is 7. The lowest BCUT2D eigenvalue weighted by Gasteiger charge is -2.34. The molecule has 0 spiro atoms. The fourth-order valence-corrected chi connectivity index (χ4v) is 9.49. The summed E-state index contributed by atoms with van der Waals surface area (Å²) in [5, 5.41) is 113. The van der Waals surface area contributed by atoms with Gasteiger partial charge in [-0.05, 0) is 60.9 Å². The molecule has 3 aromatic carbocycles. The SMILES string of the molecule is CCCCCCOc1cc2ccccc2cc1C(=O)N[C@H]1C[C@@H](O)[C@@H](O)NC(=O)[C@@H]2[C@@H](O)[C@@H](C)CN2C(=O)[C@H]([C@@H](C)O)NC(=O)[C@H]([C@H](O)[C@@H](O)c2ccc(O)cc2)NC(=O)[C@@H]2C[C@@H](O)CN2C(=O)[C@H]([C@@H](C)O)NC1=O. The summed E-state index contributed by atoms with van der Waals surface area (Å²) in [6.07, 6.45) is -13.4. The first kappa shape index (κ1) is 57.8. The smallest absolute Gasteiger partial charge is 0.255 e. The fourth-order valence-electron chi connectivity index (χ4n) is 9.49. The van der Waals surface area contributed by atoms with Crippen LogP contribution in [0, 0.1) is 5.92 Å². The van der Waals surface area contributed by atoms with E-state index in [1.807, 2.05) is 6.92 Å². The predicted octanol–water partition coefficient (Wildman–Crippen LogP) is -2.72. The topological polar surface area (TPSA) is 377 Å². The van der Waals surface area contributed by atoms with Gasteiger partial charge in [0, 0.05) is 31.8 Å². The minimum atomic E-state index is -2.30. The number of carbonyl (C=O) groups excluding carboxylic acids is 7. The van der Waals surface area contributed by atoms with E-state index in [0.29, 0.717) is 17.2 Å². The number of carbonyl (C=O) groups is 7. The number of rotatable bonds is 13. The molecular weight excluding hydrogens is 983 g/mol. The van der Waals surface area contributed by atoms with Crippen molar-refractivity contribution in [1.29, 1.82) is 0 Å². The average Bonchev–Trinajstić information content (AvgIpc) is 3.92. The van der Waals surface area contributed by atoms with Crippen molar-refractivity contribution in [2.24, 2.45) is 5.92 Å². The molecule has 0 saturated carbocycles. The second-order valence-electron chi connectivity index (χ2n) is 19.7. The third-order valence-corrected chi connectivity index (χ3v) is 13.8. The number of aliphatic hydroxyl groups excluding tert-OH is 8. The summed E-state index contributed by atoms with van der Waals surface area (Å²) in [4.78, 5) is 102. The van der Waals surface area contributed by atoms with Crippen LogP contribution >= 0.6 is 0 Å². The molecule has 7 amide bonds. The highest BCUT2D eigenvalue weighted by Gasteiger charge is 2.50. The van der Waals surface area contributed by atoms with Crippen LogP contribution < -0.4 is 31.3 Å². The number of hydrogen-bond acceptors (Lipinski definition) is 17. The minimum absolute atomic E-state index is 0.0534. The van der Waals surface area contributed by atoms with Crippen LogP contribution in [0.2, 0.25) is 0 Å². The van der Waals surface area contributed by atoms with Gasteiger partial charge in [-0.2, -0.15) is 0 Å². The Hall–Kier alpha value is -6.51. The molecule has 3 aromatic rings. The quantitative estimate of drug-likeness (QED) is 0.0774. The lowest BCUT2D eigenvalue weighted by Crippen LogP contribution is -2.64. The van der Waals surface area contributed by atoms with Crippen molar-refractivity contribution in [2.75, 3.05) is 19.7 Å². The molecule has 6 rings (SSSR count). The molecule has 0 bridgehead atoms. The van der Waals surface area contributed by atoms with E-state index in [-0.39, 0.29) is 35.8 Å². The molecule has 3 aliphatic rings. The molecular formula is C51H69N7O17. The highest BCUT2D eigenvalue weighted by atomic mass is 16.5. The summed E-state index contributed by atoms with van der Waals surface area (Å²) < 4.78 is 6.09. The number of phenolic OH excluding ortho intramolecular Hbond substituents is 1. The first-order valence-corrected chi connectivity index (χ1v) is 25.0. The van der Waals surface area contributed by atoms with E-state index in [9.17, 15) is 79.5 Å². The molecule has 14 N–H and O–H groups in total. The first-order valence-electron chi connectivity index (χ1n) is 25.0. The van der Waals surface area contributed by atoms with E-state index in [4.69, 9.17) is 4.74 Å². The Labute approximate surface area is 432 Å². The molecule has 3 aliphatic heterocycles. The van der Waals surface area contributed by atoms with Crippen molar-refractivity contribution in [2.45, 2.75) is 151 Å². The van der Waals surface area contributed by atoms with Gasteiger partial charge in [0.05, 0.1) is 36.6 Å². The average molecular weight is 1050 g/mol. The van der Waals surface area contributed by atoms with Gasteiger partial charge in [0.15, 0.2) is 6.23 Å². The summed E-state index contributed by atoms with van der Waals surface area (Å²) >= 11 is 0. The van der Waals surface area contributed by atoms with Crippen LogP contribution in [0.3, 0.4) is 0 Å². The Bertz CT molecular complexity index is 2530. The monoisotopic (exact) mass is 1050 g/mol. The van der Waals surface area contributed by atoms with E-state index in [1.54, 1.807) is 30.3 Å². The van der Waals surface area contributed by atoms with Gasteiger partial charge in [-0.25, -0.2) is 0 Å². The summed E-state index contributed by atoms with van der Waals surface area (Å²) in [7, 11) is 0. The predicted molar refractivity (Wildman–Crippen MR) is 265 cm³/mol. The summed E-state index contributed by atoms with van der Waals surface area (Å²) in [5.41, 5.74) is -0.127. The Morgan fingerprint density at radius 3 is 1.95 bits per heavy atom. The van der Waals surface area contributed by atoms with Gasteiger partial charge in [0.1, 0.15) is 66.1 Å².